The zero-order chi connectivity index (χ0) is 8.39. The van der Waals surface area contributed by atoms with E-state index >= 15 is 0 Å². The molecule has 4 heteroatoms. The average molecular weight is 208 g/mol. The first-order chi connectivity index (χ1) is 5.90. The molecule has 2 fully saturated rings. The van der Waals surface area contributed by atoms with Crippen LogP contribution in [-0.4, -0.2) is 32.0 Å². The van der Waals surface area contributed by atoms with Gasteiger partial charge in [-0.05, 0) is 19.3 Å². The highest BCUT2D eigenvalue weighted by atomic mass is 35.5. The molecule has 2 heterocycles. The summed E-state index contributed by atoms with van der Waals surface area (Å²) in [5.41, 5.74) is 5.57. The Morgan fingerprint density at radius 1 is 1.23 bits per heavy atom. The fourth-order valence-corrected chi connectivity index (χ4v) is 2.11. The van der Waals surface area contributed by atoms with Crippen molar-refractivity contribution in [2.45, 2.75) is 31.5 Å². The largest absolute Gasteiger partial charge is 0.381 e. The number of fused-ring (bicyclic) bond motifs is 1. The van der Waals surface area contributed by atoms with Crippen molar-refractivity contribution >= 4 is 12.4 Å². The van der Waals surface area contributed by atoms with Crippen molar-refractivity contribution in [1.82, 2.24) is 0 Å². The van der Waals surface area contributed by atoms with Crippen LogP contribution in [0.2, 0.25) is 0 Å². The molecule has 3 unspecified atom stereocenters. The normalized spacial score (nSPS) is 39.0. The summed E-state index contributed by atoms with van der Waals surface area (Å²) >= 11 is 0. The minimum Gasteiger partial charge on any atom is -0.381 e. The maximum atomic E-state index is 5.83. The number of nitrogens with two attached hydrogens (primary N) is 1. The molecule has 0 saturated carbocycles. The SMILES string of the molecule is Cl.NCC1CCC2COCCC2O1. The summed E-state index contributed by atoms with van der Waals surface area (Å²) in [6, 6.07) is 0. The zero-order valence-corrected chi connectivity index (χ0v) is 8.59. The van der Waals surface area contributed by atoms with E-state index in [-0.39, 0.29) is 12.4 Å². The minimum atomic E-state index is 0. The van der Waals surface area contributed by atoms with Gasteiger partial charge in [-0.15, -0.1) is 12.4 Å². The van der Waals surface area contributed by atoms with Gasteiger partial charge in [-0.25, -0.2) is 0 Å². The molecule has 2 aliphatic rings. The third-order valence-corrected chi connectivity index (χ3v) is 2.89. The van der Waals surface area contributed by atoms with Crippen LogP contribution in [0.25, 0.3) is 0 Å². The molecule has 78 valence electrons. The van der Waals surface area contributed by atoms with E-state index in [1.54, 1.807) is 0 Å². The van der Waals surface area contributed by atoms with Crippen molar-refractivity contribution in [2.75, 3.05) is 19.8 Å². The Bertz CT molecular complexity index is 157. The first-order valence-corrected chi connectivity index (χ1v) is 4.83. The molecule has 2 saturated heterocycles. The van der Waals surface area contributed by atoms with Crippen molar-refractivity contribution < 1.29 is 9.47 Å². The predicted octanol–water partition coefficient (Wildman–Crippen LogP) is 0.951. The van der Waals surface area contributed by atoms with Gasteiger partial charge in [0, 0.05) is 19.1 Å². The fourth-order valence-electron chi connectivity index (χ4n) is 2.11. The second kappa shape index (κ2) is 5.15. The van der Waals surface area contributed by atoms with E-state index < -0.39 is 0 Å². The van der Waals surface area contributed by atoms with Crippen molar-refractivity contribution in [3.05, 3.63) is 0 Å². The third-order valence-electron chi connectivity index (χ3n) is 2.89. The Balaban J connectivity index is 0.000000845. The summed E-state index contributed by atoms with van der Waals surface area (Å²) in [7, 11) is 0. The molecule has 3 atom stereocenters. The van der Waals surface area contributed by atoms with Gasteiger partial charge in [-0.1, -0.05) is 0 Å². The summed E-state index contributed by atoms with van der Waals surface area (Å²) in [6.07, 6.45) is 4.14. The van der Waals surface area contributed by atoms with E-state index in [0.717, 1.165) is 26.1 Å². The lowest BCUT2D eigenvalue weighted by molar-refractivity contribution is -0.133. The number of halogens is 1. The third kappa shape index (κ3) is 2.56. The molecule has 0 bridgehead atoms. The first-order valence-electron chi connectivity index (χ1n) is 4.83. The summed E-state index contributed by atoms with van der Waals surface area (Å²) in [6.45, 7) is 2.42. The van der Waals surface area contributed by atoms with E-state index in [2.05, 4.69) is 0 Å². The molecule has 13 heavy (non-hydrogen) atoms. The van der Waals surface area contributed by atoms with Crippen molar-refractivity contribution in [3.63, 3.8) is 0 Å². The summed E-state index contributed by atoms with van der Waals surface area (Å²) < 4.78 is 11.2. The van der Waals surface area contributed by atoms with E-state index in [9.17, 15) is 0 Å². The minimum absolute atomic E-state index is 0. The molecule has 0 aromatic carbocycles. The van der Waals surface area contributed by atoms with Crippen LogP contribution in [0.4, 0.5) is 0 Å². The van der Waals surface area contributed by atoms with Crippen molar-refractivity contribution in [1.29, 1.82) is 0 Å². The molecule has 0 radical (unpaired) electrons. The number of hydrogen-bond acceptors (Lipinski definition) is 3. The Labute approximate surface area is 85.4 Å². The highest BCUT2D eigenvalue weighted by Crippen LogP contribution is 2.29. The topological polar surface area (TPSA) is 44.5 Å². The van der Waals surface area contributed by atoms with Gasteiger partial charge in [-0.2, -0.15) is 0 Å². The van der Waals surface area contributed by atoms with Crippen LogP contribution in [0.1, 0.15) is 19.3 Å². The first kappa shape index (κ1) is 11.2. The lowest BCUT2D eigenvalue weighted by Crippen LogP contribution is -2.43. The van der Waals surface area contributed by atoms with Crippen LogP contribution in [0, 0.1) is 5.92 Å². The van der Waals surface area contributed by atoms with E-state index in [4.69, 9.17) is 15.2 Å². The number of ether oxygens (including phenoxy) is 2. The Morgan fingerprint density at radius 2 is 2.08 bits per heavy atom. The molecule has 2 N–H and O–H groups in total. The van der Waals surface area contributed by atoms with Crippen LogP contribution in [-0.2, 0) is 9.47 Å². The van der Waals surface area contributed by atoms with Gasteiger partial charge >= 0.3 is 0 Å². The smallest absolute Gasteiger partial charge is 0.0701 e. The molecule has 0 aromatic rings. The number of rotatable bonds is 1. The summed E-state index contributed by atoms with van der Waals surface area (Å²) in [5, 5.41) is 0. The summed E-state index contributed by atoms with van der Waals surface area (Å²) in [5.74, 6) is 0.640. The van der Waals surface area contributed by atoms with Gasteiger partial charge in [-0.3, -0.25) is 0 Å². The van der Waals surface area contributed by atoms with Crippen LogP contribution in [0.15, 0.2) is 0 Å². The standard InChI is InChI=1S/C9H17NO2.ClH/c10-5-8-2-1-7-6-11-4-3-9(7)12-8;/h7-9H,1-6,10H2;1H. The Morgan fingerprint density at radius 3 is 2.85 bits per heavy atom. The molecule has 0 spiro atoms. The molecule has 0 amide bonds. The molecule has 0 aromatic heterocycles. The average Bonchev–Trinajstić information content (AvgIpc) is 2.17. The van der Waals surface area contributed by atoms with Crippen LogP contribution in [0.3, 0.4) is 0 Å². The second-order valence-corrected chi connectivity index (χ2v) is 3.73. The Kier molecular flexibility index (Phi) is 4.46. The second-order valence-electron chi connectivity index (χ2n) is 3.73. The van der Waals surface area contributed by atoms with Gasteiger partial charge in [0.2, 0.25) is 0 Å². The fraction of sp³-hybridized carbons (Fsp3) is 1.00. The number of hydrogen-bond donors (Lipinski definition) is 1. The zero-order valence-electron chi connectivity index (χ0n) is 7.78. The van der Waals surface area contributed by atoms with E-state index in [1.807, 2.05) is 0 Å². The van der Waals surface area contributed by atoms with Gasteiger partial charge < -0.3 is 15.2 Å². The quantitative estimate of drug-likeness (QED) is 0.697. The maximum Gasteiger partial charge on any atom is 0.0701 e. The molecule has 3 nitrogen and oxygen atoms in total. The van der Waals surface area contributed by atoms with Crippen molar-refractivity contribution in [3.8, 4) is 0 Å². The van der Waals surface area contributed by atoms with Gasteiger partial charge in [0.25, 0.3) is 0 Å². The molecule has 2 rings (SSSR count). The van der Waals surface area contributed by atoms with Crippen molar-refractivity contribution in [2.24, 2.45) is 11.7 Å². The maximum absolute atomic E-state index is 5.83. The predicted molar refractivity (Wildman–Crippen MR) is 53.1 cm³/mol. The van der Waals surface area contributed by atoms with Gasteiger partial charge in [0.05, 0.1) is 18.8 Å². The van der Waals surface area contributed by atoms with Gasteiger partial charge in [0.1, 0.15) is 0 Å². The highest BCUT2D eigenvalue weighted by Gasteiger charge is 2.32. The van der Waals surface area contributed by atoms with E-state index in [0.29, 0.717) is 24.7 Å². The van der Waals surface area contributed by atoms with Crippen LogP contribution < -0.4 is 5.73 Å². The van der Waals surface area contributed by atoms with Gasteiger partial charge in [0.15, 0.2) is 0 Å². The highest BCUT2D eigenvalue weighted by molar-refractivity contribution is 5.85. The molecule has 2 aliphatic heterocycles. The summed E-state index contributed by atoms with van der Waals surface area (Å²) in [4.78, 5) is 0. The van der Waals surface area contributed by atoms with E-state index in [1.165, 1.54) is 6.42 Å². The molecule has 0 aliphatic carbocycles. The van der Waals surface area contributed by atoms with Crippen LogP contribution >= 0.6 is 12.4 Å². The van der Waals surface area contributed by atoms with Crippen LogP contribution in [0.5, 0.6) is 0 Å². The lowest BCUT2D eigenvalue weighted by atomic mass is 9.89. The lowest BCUT2D eigenvalue weighted by Gasteiger charge is -2.38. The Hall–Kier alpha value is 0.170. The molecular weight excluding hydrogens is 190 g/mol. The molecular formula is C9H18ClNO2. The monoisotopic (exact) mass is 207 g/mol.